The number of hydrogen-bond donors (Lipinski definition) is 0. The first-order valence-electron chi connectivity index (χ1n) is 8.12. The van der Waals surface area contributed by atoms with Crippen LogP contribution in [0.15, 0.2) is 48.8 Å². The molecule has 23 heavy (non-hydrogen) atoms. The van der Waals surface area contributed by atoms with Crippen molar-refractivity contribution in [3.8, 4) is 5.75 Å². The van der Waals surface area contributed by atoms with Gasteiger partial charge in [0.2, 0.25) is 0 Å². The Balaban J connectivity index is 1.34. The topological polar surface area (TPSA) is 30.3 Å². The summed E-state index contributed by atoms with van der Waals surface area (Å²) in [5.74, 6) is 0.944. The van der Waals surface area contributed by atoms with Crippen molar-refractivity contribution in [3.05, 3.63) is 60.2 Å². The minimum atomic E-state index is 0.709. The predicted octanol–water partition coefficient (Wildman–Crippen LogP) is 3.01. The van der Waals surface area contributed by atoms with Crippen LogP contribution in [0.5, 0.6) is 5.75 Å². The molecule has 0 amide bonds. The fourth-order valence-electron chi connectivity index (χ4n) is 3.25. The number of nitrogens with zero attached hydrogens (tertiary/aromatic N) is 3. The van der Waals surface area contributed by atoms with Crippen molar-refractivity contribution in [2.24, 2.45) is 7.05 Å². The Bertz CT molecular complexity index is 824. The van der Waals surface area contributed by atoms with E-state index in [1.165, 1.54) is 22.2 Å². The number of aromatic nitrogens is 2. The number of imidazole rings is 1. The summed E-state index contributed by atoms with van der Waals surface area (Å²) in [6.45, 7) is 3.65. The van der Waals surface area contributed by atoms with Gasteiger partial charge in [-0.3, -0.25) is 4.90 Å². The molecule has 4 nitrogen and oxygen atoms in total. The Labute approximate surface area is 136 Å². The lowest BCUT2D eigenvalue weighted by atomic mass is 10.1. The van der Waals surface area contributed by atoms with E-state index in [0.29, 0.717) is 6.61 Å². The van der Waals surface area contributed by atoms with Crippen LogP contribution >= 0.6 is 0 Å². The van der Waals surface area contributed by atoms with Crippen LogP contribution in [0.3, 0.4) is 0 Å². The average Bonchev–Trinajstić information content (AvgIpc) is 2.95. The highest BCUT2D eigenvalue weighted by atomic mass is 16.5. The molecule has 0 fully saturated rings. The summed E-state index contributed by atoms with van der Waals surface area (Å²) in [4.78, 5) is 6.90. The summed E-state index contributed by atoms with van der Waals surface area (Å²) in [5.41, 5.74) is 2.58. The molecule has 2 aromatic carbocycles. The van der Waals surface area contributed by atoms with E-state index < -0.39 is 0 Å². The molecule has 0 atom stereocenters. The molecule has 0 aliphatic carbocycles. The summed E-state index contributed by atoms with van der Waals surface area (Å²) in [6, 6.07) is 14.6. The van der Waals surface area contributed by atoms with Gasteiger partial charge in [-0.2, -0.15) is 0 Å². The molecule has 118 valence electrons. The Morgan fingerprint density at radius 1 is 1.13 bits per heavy atom. The van der Waals surface area contributed by atoms with Gasteiger partial charge in [-0.1, -0.05) is 30.3 Å². The number of ether oxygens (including phenoxy) is 1. The third-order valence-corrected chi connectivity index (χ3v) is 4.58. The Morgan fingerprint density at radius 2 is 2.00 bits per heavy atom. The van der Waals surface area contributed by atoms with Crippen LogP contribution in [-0.4, -0.2) is 34.1 Å². The predicted molar refractivity (Wildman–Crippen MR) is 91.6 cm³/mol. The lowest BCUT2D eigenvalue weighted by Gasteiger charge is -2.26. The highest BCUT2D eigenvalue weighted by Crippen LogP contribution is 2.21. The van der Waals surface area contributed by atoms with Gasteiger partial charge in [0.1, 0.15) is 12.4 Å². The molecule has 0 saturated heterocycles. The van der Waals surface area contributed by atoms with Gasteiger partial charge in [-0.15, -0.1) is 0 Å². The van der Waals surface area contributed by atoms with Crippen molar-refractivity contribution >= 4 is 10.8 Å². The van der Waals surface area contributed by atoms with Gasteiger partial charge in [0.15, 0.2) is 0 Å². The van der Waals surface area contributed by atoms with E-state index in [1.54, 1.807) is 0 Å². The molecule has 1 aliphatic rings. The second kappa shape index (κ2) is 6.05. The lowest BCUT2D eigenvalue weighted by molar-refractivity contribution is 0.193. The maximum Gasteiger partial charge on any atom is 0.120 e. The largest absolute Gasteiger partial charge is 0.492 e. The van der Waals surface area contributed by atoms with Gasteiger partial charge in [-0.05, 0) is 22.9 Å². The van der Waals surface area contributed by atoms with Crippen molar-refractivity contribution in [1.82, 2.24) is 14.5 Å². The molecule has 1 aromatic heterocycles. The fourth-order valence-corrected chi connectivity index (χ4v) is 3.25. The van der Waals surface area contributed by atoms with Crippen molar-refractivity contribution in [1.29, 1.82) is 0 Å². The SMILES string of the molecule is Cn1cnc2c1CCN(CCOc1ccc3ccccc3c1)C2. The molecule has 0 unspecified atom stereocenters. The minimum absolute atomic E-state index is 0.709. The van der Waals surface area contributed by atoms with Gasteiger partial charge in [0.05, 0.1) is 12.0 Å². The summed E-state index contributed by atoms with van der Waals surface area (Å²) < 4.78 is 8.08. The molecule has 2 heterocycles. The number of aryl methyl sites for hydroxylation is 1. The van der Waals surface area contributed by atoms with E-state index in [9.17, 15) is 0 Å². The van der Waals surface area contributed by atoms with E-state index >= 15 is 0 Å². The summed E-state index contributed by atoms with van der Waals surface area (Å²) in [5, 5.41) is 2.47. The molecule has 0 saturated carbocycles. The Morgan fingerprint density at radius 3 is 2.91 bits per heavy atom. The molecule has 0 radical (unpaired) electrons. The molecule has 0 spiro atoms. The van der Waals surface area contributed by atoms with Gasteiger partial charge in [0.25, 0.3) is 0 Å². The van der Waals surface area contributed by atoms with Crippen LogP contribution in [0.1, 0.15) is 11.4 Å². The maximum absolute atomic E-state index is 5.94. The number of benzene rings is 2. The first-order chi connectivity index (χ1) is 11.3. The average molecular weight is 307 g/mol. The normalized spacial score (nSPS) is 14.8. The second-order valence-electron chi connectivity index (χ2n) is 6.13. The monoisotopic (exact) mass is 307 g/mol. The first-order valence-corrected chi connectivity index (χ1v) is 8.12. The van der Waals surface area contributed by atoms with Gasteiger partial charge in [0, 0.05) is 38.8 Å². The van der Waals surface area contributed by atoms with E-state index in [1.807, 2.05) is 6.33 Å². The van der Waals surface area contributed by atoms with Gasteiger partial charge >= 0.3 is 0 Å². The summed E-state index contributed by atoms with van der Waals surface area (Å²) in [6.07, 6.45) is 2.99. The van der Waals surface area contributed by atoms with E-state index in [-0.39, 0.29) is 0 Å². The van der Waals surface area contributed by atoms with Crippen LogP contribution in [0.25, 0.3) is 10.8 Å². The van der Waals surface area contributed by atoms with E-state index in [0.717, 1.165) is 31.8 Å². The third kappa shape index (κ3) is 2.94. The molecular formula is C19H21N3O. The second-order valence-corrected chi connectivity index (χ2v) is 6.13. The van der Waals surface area contributed by atoms with Crippen molar-refractivity contribution in [2.75, 3.05) is 19.7 Å². The zero-order valence-corrected chi connectivity index (χ0v) is 13.4. The van der Waals surface area contributed by atoms with E-state index in [2.05, 4.69) is 64.0 Å². The molecule has 3 aromatic rings. The standard InChI is InChI=1S/C19H21N3O/c1-21-14-20-18-13-22(9-8-19(18)21)10-11-23-17-7-6-15-4-2-3-5-16(15)12-17/h2-7,12,14H,8-11,13H2,1H3. The smallest absolute Gasteiger partial charge is 0.120 e. The lowest BCUT2D eigenvalue weighted by Crippen LogP contribution is -2.34. The number of hydrogen-bond acceptors (Lipinski definition) is 3. The number of fused-ring (bicyclic) bond motifs is 2. The van der Waals surface area contributed by atoms with E-state index in [4.69, 9.17) is 4.74 Å². The fraction of sp³-hybridized carbons (Fsp3) is 0.316. The molecular weight excluding hydrogens is 286 g/mol. The van der Waals surface area contributed by atoms with Crippen molar-refractivity contribution in [2.45, 2.75) is 13.0 Å². The quantitative estimate of drug-likeness (QED) is 0.742. The molecule has 0 bridgehead atoms. The number of rotatable bonds is 4. The van der Waals surface area contributed by atoms with Crippen LogP contribution in [0.2, 0.25) is 0 Å². The molecule has 0 N–H and O–H groups in total. The van der Waals surface area contributed by atoms with Crippen LogP contribution in [-0.2, 0) is 20.0 Å². The van der Waals surface area contributed by atoms with Gasteiger partial charge in [-0.25, -0.2) is 4.98 Å². The van der Waals surface area contributed by atoms with Gasteiger partial charge < -0.3 is 9.30 Å². The van der Waals surface area contributed by atoms with Crippen LogP contribution in [0.4, 0.5) is 0 Å². The summed E-state index contributed by atoms with van der Waals surface area (Å²) >= 11 is 0. The highest BCUT2D eigenvalue weighted by molar-refractivity contribution is 5.83. The maximum atomic E-state index is 5.94. The first kappa shape index (κ1) is 14.3. The highest BCUT2D eigenvalue weighted by Gasteiger charge is 2.19. The zero-order valence-electron chi connectivity index (χ0n) is 13.4. The third-order valence-electron chi connectivity index (χ3n) is 4.58. The molecule has 4 heteroatoms. The zero-order chi connectivity index (χ0) is 15.6. The Kier molecular flexibility index (Phi) is 3.75. The summed E-state index contributed by atoms with van der Waals surface area (Å²) in [7, 11) is 2.07. The van der Waals surface area contributed by atoms with Crippen molar-refractivity contribution in [3.63, 3.8) is 0 Å². The van der Waals surface area contributed by atoms with Crippen LogP contribution < -0.4 is 4.74 Å². The molecule has 4 rings (SSSR count). The van der Waals surface area contributed by atoms with Crippen LogP contribution in [0, 0.1) is 0 Å². The minimum Gasteiger partial charge on any atom is -0.492 e. The van der Waals surface area contributed by atoms with Crippen molar-refractivity contribution < 1.29 is 4.74 Å². The Hall–Kier alpha value is -2.33. The molecule has 1 aliphatic heterocycles.